The normalized spacial score (nSPS) is 37.1. The predicted octanol–water partition coefficient (Wildman–Crippen LogP) is 4.14. The van der Waals surface area contributed by atoms with Crippen LogP contribution in [0.15, 0.2) is 0 Å². The fourth-order valence-electron chi connectivity index (χ4n) is 4.17. The number of hydrogen-bond acceptors (Lipinski definition) is 1. The van der Waals surface area contributed by atoms with E-state index in [2.05, 4.69) is 13.8 Å². The second-order valence-electron chi connectivity index (χ2n) is 6.55. The van der Waals surface area contributed by atoms with Crippen LogP contribution in [0.3, 0.4) is 0 Å². The summed E-state index contributed by atoms with van der Waals surface area (Å²) >= 11 is 0. The molecule has 0 spiro atoms. The first-order chi connectivity index (χ1) is 7.62. The van der Waals surface area contributed by atoms with Gasteiger partial charge in [0.25, 0.3) is 0 Å². The molecule has 2 saturated carbocycles. The molecule has 0 bridgehead atoms. The Morgan fingerprint density at radius 3 is 2.31 bits per heavy atom. The highest BCUT2D eigenvalue weighted by Gasteiger charge is 2.41. The maximum atomic E-state index is 11.0. The van der Waals surface area contributed by atoms with E-state index in [0.29, 0.717) is 11.8 Å². The smallest absolute Gasteiger partial charge is 0.0680 e. The Morgan fingerprint density at radius 2 is 1.69 bits per heavy atom. The third-order valence-corrected chi connectivity index (χ3v) is 4.99. The lowest BCUT2D eigenvalue weighted by atomic mass is 9.67. The van der Waals surface area contributed by atoms with Gasteiger partial charge in [0.2, 0.25) is 0 Å². The fourth-order valence-corrected chi connectivity index (χ4v) is 4.17. The summed E-state index contributed by atoms with van der Waals surface area (Å²) in [5, 5.41) is 11.0. The van der Waals surface area contributed by atoms with Crippen LogP contribution in [-0.2, 0) is 0 Å². The molecule has 1 nitrogen and oxygen atoms in total. The summed E-state index contributed by atoms with van der Waals surface area (Å²) in [5.74, 6) is 2.03. The first-order valence-electron chi connectivity index (χ1n) is 7.34. The van der Waals surface area contributed by atoms with Gasteiger partial charge in [-0.2, -0.15) is 0 Å². The molecule has 2 rings (SSSR count). The van der Waals surface area contributed by atoms with E-state index >= 15 is 0 Å². The van der Waals surface area contributed by atoms with E-state index in [1.165, 1.54) is 44.9 Å². The lowest BCUT2D eigenvalue weighted by molar-refractivity contribution is -0.0817. The van der Waals surface area contributed by atoms with Crippen LogP contribution in [-0.4, -0.2) is 10.7 Å². The summed E-state index contributed by atoms with van der Waals surface area (Å²) < 4.78 is 0. The number of hydrogen-bond donors (Lipinski definition) is 1. The van der Waals surface area contributed by atoms with Crippen molar-refractivity contribution in [3.63, 3.8) is 0 Å². The first-order valence-corrected chi connectivity index (χ1v) is 7.34. The average Bonchev–Trinajstić information content (AvgIpc) is 2.69. The van der Waals surface area contributed by atoms with Gasteiger partial charge in [-0.15, -0.1) is 0 Å². The van der Waals surface area contributed by atoms with Gasteiger partial charge >= 0.3 is 0 Å². The second kappa shape index (κ2) is 5.08. The molecule has 0 radical (unpaired) electrons. The van der Waals surface area contributed by atoms with Crippen LogP contribution < -0.4 is 0 Å². The first kappa shape index (κ1) is 12.4. The van der Waals surface area contributed by atoms with Crippen molar-refractivity contribution in [2.45, 2.75) is 77.2 Å². The molecule has 2 atom stereocenters. The van der Waals surface area contributed by atoms with E-state index in [1.807, 2.05) is 0 Å². The Balaban J connectivity index is 2.00. The van der Waals surface area contributed by atoms with Gasteiger partial charge in [0.1, 0.15) is 0 Å². The van der Waals surface area contributed by atoms with Gasteiger partial charge in [0.05, 0.1) is 5.60 Å². The molecule has 1 heteroatoms. The van der Waals surface area contributed by atoms with Gasteiger partial charge in [-0.25, -0.2) is 0 Å². The van der Waals surface area contributed by atoms with Crippen molar-refractivity contribution in [3.8, 4) is 0 Å². The van der Waals surface area contributed by atoms with Crippen molar-refractivity contribution in [2.75, 3.05) is 0 Å². The summed E-state index contributed by atoms with van der Waals surface area (Å²) in [6.07, 6.45) is 11.5. The highest BCUT2D eigenvalue weighted by molar-refractivity contribution is 4.93. The summed E-state index contributed by atoms with van der Waals surface area (Å²) in [7, 11) is 0. The van der Waals surface area contributed by atoms with Crippen molar-refractivity contribution in [1.82, 2.24) is 0 Å². The quantitative estimate of drug-likeness (QED) is 0.763. The average molecular weight is 224 g/mol. The monoisotopic (exact) mass is 224 g/mol. The van der Waals surface area contributed by atoms with E-state index in [9.17, 15) is 5.11 Å². The molecule has 16 heavy (non-hydrogen) atoms. The Bertz CT molecular complexity index is 217. The van der Waals surface area contributed by atoms with Crippen LogP contribution in [0.25, 0.3) is 0 Å². The number of rotatable bonds is 3. The number of aliphatic hydroxyl groups is 1. The Hall–Kier alpha value is -0.0400. The molecule has 2 fully saturated rings. The second-order valence-corrected chi connectivity index (χ2v) is 6.55. The van der Waals surface area contributed by atoms with Gasteiger partial charge in [0.15, 0.2) is 0 Å². The maximum absolute atomic E-state index is 11.0. The third kappa shape index (κ3) is 2.61. The molecule has 2 aliphatic carbocycles. The predicted molar refractivity (Wildman–Crippen MR) is 68.3 cm³/mol. The Morgan fingerprint density at radius 1 is 1.06 bits per heavy atom. The molecular formula is C15H28O. The summed E-state index contributed by atoms with van der Waals surface area (Å²) in [6.45, 7) is 4.57. The SMILES string of the molecule is CC(C)C1CCCCC1(O)CC1CCCC1. The van der Waals surface area contributed by atoms with Crippen molar-refractivity contribution >= 4 is 0 Å². The minimum absolute atomic E-state index is 0.318. The molecule has 0 aromatic rings. The van der Waals surface area contributed by atoms with Crippen LogP contribution in [0.4, 0.5) is 0 Å². The van der Waals surface area contributed by atoms with Crippen LogP contribution >= 0.6 is 0 Å². The molecule has 1 N–H and O–H groups in total. The molecule has 0 amide bonds. The molecule has 0 aromatic carbocycles. The fraction of sp³-hybridized carbons (Fsp3) is 1.00. The highest BCUT2D eigenvalue weighted by atomic mass is 16.3. The molecule has 2 aliphatic rings. The molecule has 2 unspecified atom stereocenters. The minimum Gasteiger partial charge on any atom is -0.390 e. The van der Waals surface area contributed by atoms with Crippen LogP contribution in [0.5, 0.6) is 0 Å². The van der Waals surface area contributed by atoms with Crippen molar-refractivity contribution in [3.05, 3.63) is 0 Å². The van der Waals surface area contributed by atoms with Gasteiger partial charge in [-0.3, -0.25) is 0 Å². The van der Waals surface area contributed by atoms with Crippen molar-refractivity contribution < 1.29 is 5.11 Å². The summed E-state index contributed by atoms with van der Waals surface area (Å²) in [6, 6.07) is 0. The lowest BCUT2D eigenvalue weighted by Crippen LogP contribution is -2.44. The van der Waals surface area contributed by atoms with E-state index in [-0.39, 0.29) is 5.60 Å². The topological polar surface area (TPSA) is 20.2 Å². The Kier molecular flexibility index (Phi) is 3.94. The minimum atomic E-state index is -0.318. The van der Waals surface area contributed by atoms with E-state index < -0.39 is 0 Å². The Labute approximate surface area is 101 Å². The zero-order valence-corrected chi connectivity index (χ0v) is 11.0. The zero-order chi connectivity index (χ0) is 11.6. The van der Waals surface area contributed by atoms with Crippen molar-refractivity contribution in [1.29, 1.82) is 0 Å². The van der Waals surface area contributed by atoms with Gasteiger partial charge in [-0.05, 0) is 37.0 Å². The van der Waals surface area contributed by atoms with E-state index in [1.54, 1.807) is 0 Å². The van der Waals surface area contributed by atoms with E-state index in [4.69, 9.17) is 0 Å². The standard InChI is InChI=1S/C15H28O/c1-12(2)14-9-5-6-10-15(14,16)11-13-7-3-4-8-13/h12-14,16H,3-11H2,1-2H3. The van der Waals surface area contributed by atoms with Crippen LogP contribution in [0.2, 0.25) is 0 Å². The van der Waals surface area contributed by atoms with Gasteiger partial charge in [-0.1, -0.05) is 52.4 Å². The zero-order valence-electron chi connectivity index (χ0n) is 11.0. The molecule has 0 saturated heterocycles. The summed E-state index contributed by atoms with van der Waals surface area (Å²) in [4.78, 5) is 0. The summed E-state index contributed by atoms with van der Waals surface area (Å²) in [5.41, 5.74) is -0.318. The van der Waals surface area contributed by atoms with E-state index in [0.717, 1.165) is 18.8 Å². The molecule has 94 valence electrons. The third-order valence-electron chi connectivity index (χ3n) is 4.99. The molecule has 0 aliphatic heterocycles. The molecular weight excluding hydrogens is 196 g/mol. The molecule has 0 heterocycles. The van der Waals surface area contributed by atoms with Gasteiger partial charge < -0.3 is 5.11 Å². The van der Waals surface area contributed by atoms with Gasteiger partial charge in [0, 0.05) is 0 Å². The lowest BCUT2D eigenvalue weighted by Gasteiger charge is -2.44. The maximum Gasteiger partial charge on any atom is 0.0680 e. The van der Waals surface area contributed by atoms with Crippen molar-refractivity contribution in [2.24, 2.45) is 17.8 Å². The largest absolute Gasteiger partial charge is 0.390 e. The molecule has 0 aromatic heterocycles. The van der Waals surface area contributed by atoms with Crippen LogP contribution in [0.1, 0.15) is 71.6 Å². The van der Waals surface area contributed by atoms with Crippen LogP contribution in [0, 0.1) is 17.8 Å². The highest BCUT2D eigenvalue weighted by Crippen LogP contribution is 2.44.